The van der Waals surface area contributed by atoms with E-state index in [4.69, 9.17) is 4.74 Å². The van der Waals surface area contributed by atoms with Crippen molar-refractivity contribution < 1.29 is 9.84 Å². The molecule has 1 aliphatic carbocycles. The molecule has 2 heterocycles. The fraction of sp³-hybridized carbons (Fsp3) is 0.360. The quantitative estimate of drug-likeness (QED) is 0.478. The number of piperidine rings is 1. The minimum atomic E-state index is -0.195. The van der Waals surface area contributed by atoms with Gasteiger partial charge in [-0.2, -0.15) is 0 Å². The van der Waals surface area contributed by atoms with Crippen molar-refractivity contribution in [3.8, 4) is 5.75 Å². The maximum Gasteiger partial charge on any atom is 0.119 e. The molecule has 0 amide bonds. The van der Waals surface area contributed by atoms with Crippen molar-refractivity contribution in [1.82, 2.24) is 9.88 Å². The van der Waals surface area contributed by atoms with Gasteiger partial charge in [0.1, 0.15) is 11.5 Å². The van der Waals surface area contributed by atoms with Crippen molar-refractivity contribution in [2.75, 3.05) is 20.2 Å². The largest absolute Gasteiger partial charge is 0.511 e. The summed E-state index contributed by atoms with van der Waals surface area (Å²) in [5, 5.41) is 11.8. The standard InChI is InChI=1S/C25H27BrN2O2/c1-15(29)25(17-5-3-6-19(11-17)30-2)28-10-9-16-13-23-21(12-18(16)14-28)20-7-4-8-22(26)24(20)27-23/h3-8,11,16,18,25,27,29H,1,9-10,12-14H2,2H3. The number of aliphatic hydroxyl groups is 1. The molecule has 30 heavy (non-hydrogen) atoms. The lowest BCUT2D eigenvalue weighted by Crippen LogP contribution is -2.45. The topological polar surface area (TPSA) is 48.5 Å². The van der Waals surface area contributed by atoms with Gasteiger partial charge in [-0.05, 0) is 82.9 Å². The van der Waals surface area contributed by atoms with Crippen LogP contribution < -0.4 is 4.74 Å². The van der Waals surface area contributed by atoms with E-state index in [0.29, 0.717) is 11.8 Å². The molecular weight excluding hydrogens is 440 g/mol. The Hall–Kier alpha value is -2.24. The van der Waals surface area contributed by atoms with Gasteiger partial charge >= 0.3 is 0 Å². The second-order valence-electron chi connectivity index (χ2n) is 8.63. The summed E-state index contributed by atoms with van der Waals surface area (Å²) >= 11 is 3.69. The Morgan fingerprint density at radius 1 is 1.23 bits per heavy atom. The molecule has 4 nitrogen and oxygen atoms in total. The zero-order valence-corrected chi connectivity index (χ0v) is 18.8. The van der Waals surface area contributed by atoms with Crippen LogP contribution in [0.1, 0.15) is 29.3 Å². The van der Waals surface area contributed by atoms with E-state index in [1.54, 1.807) is 7.11 Å². The van der Waals surface area contributed by atoms with Crippen LogP contribution in [0.3, 0.4) is 0 Å². The summed E-state index contributed by atoms with van der Waals surface area (Å²) in [6.45, 7) is 5.83. The highest BCUT2D eigenvalue weighted by Crippen LogP contribution is 2.42. The summed E-state index contributed by atoms with van der Waals surface area (Å²) in [4.78, 5) is 6.08. The summed E-state index contributed by atoms with van der Waals surface area (Å²) in [5.74, 6) is 2.27. The number of aromatic amines is 1. The predicted octanol–water partition coefficient (Wildman–Crippen LogP) is 5.79. The number of methoxy groups -OCH3 is 1. The third-order valence-electron chi connectivity index (χ3n) is 6.92. The van der Waals surface area contributed by atoms with Crippen LogP contribution in [0.25, 0.3) is 10.9 Å². The summed E-state index contributed by atoms with van der Waals surface area (Å²) in [6, 6.07) is 14.2. The van der Waals surface area contributed by atoms with Crippen LogP contribution in [0.15, 0.2) is 59.3 Å². The third-order valence-corrected chi connectivity index (χ3v) is 7.59. The highest BCUT2D eigenvalue weighted by Gasteiger charge is 2.38. The van der Waals surface area contributed by atoms with Crippen LogP contribution in [0, 0.1) is 11.8 Å². The van der Waals surface area contributed by atoms with Gasteiger partial charge < -0.3 is 14.8 Å². The summed E-state index contributed by atoms with van der Waals surface area (Å²) in [6.07, 6.45) is 3.32. The number of aliphatic hydroxyl groups excluding tert-OH is 1. The van der Waals surface area contributed by atoms with Crippen molar-refractivity contribution in [2.24, 2.45) is 11.8 Å². The lowest BCUT2D eigenvalue weighted by Gasteiger charge is -2.44. The van der Waals surface area contributed by atoms with E-state index in [2.05, 4.69) is 56.7 Å². The zero-order valence-electron chi connectivity index (χ0n) is 17.2. The molecule has 1 saturated heterocycles. The van der Waals surface area contributed by atoms with Gasteiger partial charge in [-0.3, -0.25) is 4.90 Å². The van der Waals surface area contributed by atoms with E-state index in [9.17, 15) is 5.11 Å². The van der Waals surface area contributed by atoms with Gasteiger partial charge in [-0.25, -0.2) is 0 Å². The van der Waals surface area contributed by atoms with E-state index < -0.39 is 0 Å². The van der Waals surface area contributed by atoms with E-state index in [1.165, 1.54) is 22.2 Å². The van der Waals surface area contributed by atoms with Crippen molar-refractivity contribution in [3.63, 3.8) is 0 Å². The predicted molar refractivity (Wildman–Crippen MR) is 124 cm³/mol. The van der Waals surface area contributed by atoms with Gasteiger partial charge in [-0.15, -0.1) is 0 Å². The van der Waals surface area contributed by atoms with Crippen LogP contribution in [0.4, 0.5) is 0 Å². The first kappa shape index (κ1) is 19.7. The lowest BCUT2D eigenvalue weighted by atomic mass is 9.73. The summed E-state index contributed by atoms with van der Waals surface area (Å²) in [5.41, 5.74) is 5.13. The van der Waals surface area contributed by atoms with Gasteiger partial charge in [0.05, 0.1) is 18.7 Å². The first-order valence-corrected chi connectivity index (χ1v) is 11.4. The normalized spacial score (nSPS) is 22.3. The number of nitrogens with zero attached hydrogens (tertiary/aromatic N) is 1. The smallest absolute Gasteiger partial charge is 0.119 e. The fourth-order valence-corrected chi connectivity index (χ4v) is 5.96. The van der Waals surface area contributed by atoms with Crippen LogP contribution >= 0.6 is 15.9 Å². The van der Waals surface area contributed by atoms with Crippen LogP contribution in [-0.2, 0) is 12.8 Å². The molecule has 5 rings (SSSR count). The molecule has 1 aromatic heterocycles. The molecule has 5 heteroatoms. The minimum Gasteiger partial charge on any atom is -0.511 e. The molecule has 0 spiro atoms. The second kappa shape index (κ2) is 7.78. The van der Waals surface area contributed by atoms with E-state index in [-0.39, 0.29) is 11.8 Å². The van der Waals surface area contributed by atoms with E-state index in [1.807, 2.05) is 18.2 Å². The van der Waals surface area contributed by atoms with Crippen LogP contribution in [0.2, 0.25) is 0 Å². The zero-order chi connectivity index (χ0) is 20.8. The number of aromatic nitrogens is 1. The first-order chi connectivity index (χ1) is 14.5. The molecule has 2 aromatic carbocycles. The average Bonchev–Trinajstić information content (AvgIpc) is 3.11. The summed E-state index contributed by atoms with van der Waals surface area (Å²) < 4.78 is 6.53. The van der Waals surface area contributed by atoms with Crippen molar-refractivity contribution in [1.29, 1.82) is 0 Å². The monoisotopic (exact) mass is 466 g/mol. The van der Waals surface area contributed by atoms with Gasteiger partial charge in [0.25, 0.3) is 0 Å². The average molecular weight is 467 g/mol. The summed E-state index contributed by atoms with van der Waals surface area (Å²) in [7, 11) is 1.67. The first-order valence-electron chi connectivity index (χ1n) is 10.6. The second-order valence-corrected chi connectivity index (χ2v) is 9.48. The van der Waals surface area contributed by atoms with Crippen LogP contribution in [-0.4, -0.2) is 35.2 Å². The fourth-order valence-electron chi connectivity index (χ4n) is 5.49. The molecule has 1 fully saturated rings. The van der Waals surface area contributed by atoms with E-state index in [0.717, 1.165) is 48.1 Å². The molecule has 156 valence electrons. The number of hydrogen-bond acceptors (Lipinski definition) is 3. The van der Waals surface area contributed by atoms with Gasteiger partial charge in [0, 0.05) is 22.1 Å². The number of H-pyrrole nitrogens is 1. The molecule has 1 aliphatic heterocycles. The molecule has 3 atom stereocenters. The van der Waals surface area contributed by atoms with E-state index >= 15 is 0 Å². The Morgan fingerprint density at radius 3 is 2.87 bits per heavy atom. The third kappa shape index (κ3) is 3.34. The highest BCUT2D eigenvalue weighted by atomic mass is 79.9. The SMILES string of the molecule is C=C(O)C(c1cccc(OC)c1)N1CCC2Cc3[nH]c4c(Br)cccc4c3CC2C1. The molecule has 2 N–H and O–H groups in total. The highest BCUT2D eigenvalue weighted by molar-refractivity contribution is 9.10. The molecule has 0 saturated carbocycles. The molecule has 3 aromatic rings. The van der Waals surface area contributed by atoms with Crippen molar-refractivity contribution >= 4 is 26.8 Å². The maximum atomic E-state index is 10.5. The number of fused-ring (bicyclic) bond motifs is 4. The number of hydrogen-bond donors (Lipinski definition) is 2. The molecule has 2 aliphatic rings. The van der Waals surface area contributed by atoms with Gasteiger partial charge in [-0.1, -0.05) is 30.8 Å². The number of halogens is 1. The number of rotatable bonds is 4. The van der Waals surface area contributed by atoms with Crippen molar-refractivity contribution in [2.45, 2.75) is 25.3 Å². The molecule has 3 unspecified atom stereocenters. The molecule has 0 bridgehead atoms. The number of para-hydroxylation sites is 1. The lowest BCUT2D eigenvalue weighted by molar-refractivity contribution is 0.0716. The Morgan fingerprint density at radius 2 is 2.07 bits per heavy atom. The minimum absolute atomic E-state index is 0.195. The Labute approximate surface area is 185 Å². The number of likely N-dealkylation sites (tertiary alicyclic amines) is 1. The number of nitrogens with one attached hydrogen (secondary N) is 1. The number of ether oxygens (including phenoxy) is 1. The number of benzene rings is 2. The Bertz CT molecular complexity index is 1110. The Balaban J connectivity index is 1.43. The maximum absolute atomic E-state index is 10.5. The Kier molecular flexibility index (Phi) is 5.11. The molecule has 0 radical (unpaired) electrons. The molecular formula is C25H27BrN2O2. The van der Waals surface area contributed by atoms with Crippen LogP contribution in [0.5, 0.6) is 5.75 Å². The van der Waals surface area contributed by atoms with Crippen molar-refractivity contribution in [3.05, 3.63) is 76.1 Å². The van der Waals surface area contributed by atoms with Gasteiger partial charge in [0.15, 0.2) is 0 Å². The van der Waals surface area contributed by atoms with Gasteiger partial charge in [0.2, 0.25) is 0 Å².